The SMILES string of the molecule is Cc1cc([N+](=O)[O-])cnc1N1CCN(C(=O)c2ccsc2)CC1. The van der Waals surface area contributed by atoms with E-state index in [0.29, 0.717) is 26.2 Å². The van der Waals surface area contributed by atoms with Crippen LogP contribution in [0.2, 0.25) is 0 Å². The van der Waals surface area contributed by atoms with Gasteiger partial charge in [-0.3, -0.25) is 14.9 Å². The summed E-state index contributed by atoms with van der Waals surface area (Å²) in [7, 11) is 0. The van der Waals surface area contributed by atoms with E-state index in [1.54, 1.807) is 0 Å². The number of amides is 1. The molecule has 1 amide bonds. The Kier molecular flexibility index (Phi) is 4.24. The summed E-state index contributed by atoms with van der Waals surface area (Å²) in [5.41, 5.74) is 1.50. The van der Waals surface area contributed by atoms with Gasteiger partial charge in [0.2, 0.25) is 0 Å². The Balaban J connectivity index is 1.67. The molecule has 0 saturated carbocycles. The van der Waals surface area contributed by atoms with E-state index in [0.717, 1.165) is 16.9 Å². The predicted molar refractivity (Wildman–Crippen MR) is 88.1 cm³/mol. The Morgan fingerprint density at radius 3 is 2.65 bits per heavy atom. The number of carbonyl (C=O) groups excluding carboxylic acids is 1. The first-order chi connectivity index (χ1) is 11.1. The number of nitrogens with zero attached hydrogens (tertiary/aromatic N) is 4. The van der Waals surface area contributed by atoms with Gasteiger partial charge < -0.3 is 9.80 Å². The second kappa shape index (κ2) is 6.33. The zero-order valence-corrected chi connectivity index (χ0v) is 13.5. The van der Waals surface area contributed by atoms with E-state index in [4.69, 9.17) is 0 Å². The lowest BCUT2D eigenvalue weighted by molar-refractivity contribution is -0.385. The number of carbonyl (C=O) groups is 1. The van der Waals surface area contributed by atoms with Gasteiger partial charge in [-0.15, -0.1) is 0 Å². The number of nitro groups is 1. The lowest BCUT2D eigenvalue weighted by Gasteiger charge is -2.35. The summed E-state index contributed by atoms with van der Waals surface area (Å²) in [4.78, 5) is 30.8. The third-order valence-corrected chi connectivity index (χ3v) is 4.56. The molecule has 1 saturated heterocycles. The minimum Gasteiger partial charge on any atom is -0.353 e. The highest BCUT2D eigenvalue weighted by Crippen LogP contribution is 2.23. The number of aromatic nitrogens is 1. The number of aryl methyl sites for hydroxylation is 1. The predicted octanol–water partition coefficient (Wildman–Crippen LogP) is 2.32. The quantitative estimate of drug-likeness (QED) is 0.636. The van der Waals surface area contributed by atoms with Gasteiger partial charge in [-0.2, -0.15) is 11.3 Å². The Labute approximate surface area is 137 Å². The Hall–Kier alpha value is -2.48. The largest absolute Gasteiger partial charge is 0.353 e. The van der Waals surface area contributed by atoms with Crippen molar-refractivity contribution in [3.05, 3.63) is 50.3 Å². The smallest absolute Gasteiger partial charge is 0.287 e. The Morgan fingerprint density at radius 2 is 2.09 bits per heavy atom. The van der Waals surface area contributed by atoms with Crippen LogP contribution >= 0.6 is 11.3 Å². The van der Waals surface area contributed by atoms with Gasteiger partial charge in [-0.1, -0.05) is 0 Å². The second-order valence-electron chi connectivity index (χ2n) is 5.38. The summed E-state index contributed by atoms with van der Waals surface area (Å²) >= 11 is 1.51. The van der Waals surface area contributed by atoms with E-state index in [1.807, 2.05) is 28.7 Å². The fourth-order valence-electron chi connectivity index (χ4n) is 2.67. The molecule has 2 aromatic rings. The van der Waals surface area contributed by atoms with Gasteiger partial charge in [0.25, 0.3) is 11.6 Å². The lowest BCUT2D eigenvalue weighted by Crippen LogP contribution is -2.49. The van der Waals surface area contributed by atoms with Crippen molar-refractivity contribution in [2.45, 2.75) is 6.92 Å². The summed E-state index contributed by atoms with van der Waals surface area (Å²) in [6.07, 6.45) is 1.28. The first kappa shape index (κ1) is 15.4. The van der Waals surface area contributed by atoms with Crippen LogP contribution in [0.5, 0.6) is 0 Å². The van der Waals surface area contributed by atoms with Gasteiger partial charge in [-0.05, 0) is 23.9 Å². The van der Waals surface area contributed by atoms with E-state index in [9.17, 15) is 14.9 Å². The van der Waals surface area contributed by atoms with Crippen LogP contribution in [0.1, 0.15) is 15.9 Å². The van der Waals surface area contributed by atoms with E-state index < -0.39 is 4.92 Å². The third-order valence-electron chi connectivity index (χ3n) is 3.88. The van der Waals surface area contributed by atoms with E-state index >= 15 is 0 Å². The zero-order chi connectivity index (χ0) is 16.4. The minimum atomic E-state index is -0.443. The van der Waals surface area contributed by atoms with Crippen molar-refractivity contribution >= 4 is 28.7 Å². The summed E-state index contributed by atoms with van der Waals surface area (Å²) in [6, 6.07) is 3.37. The molecule has 3 heterocycles. The maximum atomic E-state index is 12.3. The molecule has 0 spiro atoms. The van der Waals surface area contributed by atoms with Gasteiger partial charge >= 0.3 is 0 Å². The number of thiophene rings is 1. The van der Waals surface area contributed by atoms with Crippen LogP contribution in [0.15, 0.2) is 29.1 Å². The molecule has 0 bridgehead atoms. The normalized spacial score (nSPS) is 14.8. The van der Waals surface area contributed by atoms with Gasteiger partial charge in [-0.25, -0.2) is 4.98 Å². The fourth-order valence-corrected chi connectivity index (χ4v) is 3.30. The first-order valence-electron chi connectivity index (χ1n) is 7.23. The standard InChI is InChI=1S/C15H16N4O3S/c1-11-8-13(19(21)22)9-16-14(11)17-3-5-18(6-4-17)15(20)12-2-7-23-10-12/h2,7-10H,3-6H2,1H3. The molecule has 0 atom stereocenters. The Bertz CT molecular complexity index is 724. The van der Waals surface area contributed by atoms with Crippen molar-refractivity contribution in [2.24, 2.45) is 0 Å². The van der Waals surface area contributed by atoms with Crippen LogP contribution < -0.4 is 4.90 Å². The highest BCUT2D eigenvalue weighted by molar-refractivity contribution is 7.08. The number of pyridine rings is 1. The molecule has 1 aliphatic rings. The maximum absolute atomic E-state index is 12.3. The van der Waals surface area contributed by atoms with Crippen LogP contribution in [0.25, 0.3) is 0 Å². The Morgan fingerprint density at radius 1 is 1.35 bits per heavy atom. The molecule has 0 unspecified atom stereocenters. The van der Waals surface area contributed by atoms with Crippen LogP contribution in [-0.2, 0) is 0 Å². The molecule has 1 aliphatic heterocycles. The molecule has 3 rings (SSSR count). The van der Waals surface area contributed by atoms with Crippen molar-refractivity contribution in [1.29, 1.82) is 0 Å². The van der Waals surface area contributed by atoms with Gasteiger partial charge in [0.1, 0.15) is 12.0 Å². The van der Waals surface area contributed by atoms with Crippen LogP contribution in [0.3, 0.4) is 0 Å². The van der Waals surface area contributed by atoms with Crippen molar-refractivity contribution in [2.75, 3.05) is 31.1 Å². The molecule has 2 aromatic heterocycles. The van der Waals surface area contributed by atoms with Crippen molar-refractivity contribution in [3.8, 4) is 0 Å². The summed E-state index contributed by atoms with van der Waals surface area (Å²) in [6.45, 7) is 4.39. The highest BCUT2D eigenvalue weighted by atomic mass is 32.1. The summed E-state index contributed by atoms with van der Waals surface area (Å²) in [5, 5.41) is 14.5. The number of rotatable bonds is 3. The molecule has 120 valence electrons. The van der Waals surface area contributed by atoms with Crippen LogP contribution in [0, 0.1) is 17.0 Å². The molecular formula is C15H16N4O3S. The average Bonchev–Trinajstić information content (AvgIpc) is 3.08. The molecule has 7 nitrogen and oxygen atoms in total. The van der Waals surface area contributed by atoms with Crippen molar-refractivity contribution < 1.29 is 9.72 Å². The number of anilines is 1. The zero-order valence-electron chi connectivity index (χ0n) is 12.6. The highest BCUT2D eigenvalue weighted by Gasteiger charge is 2.24. The summed E-state index contributed by atoms with van der Waals surface area (Å²) < 4.78 is 0. The average molecular weight is 332 g/mol. The minimum absolute atomic E-state index is 0.00229. The number of hydrogen-bond acceptors (Lipinski definition) is 6. The van der Waals surface area contributed by atoms with Crippen LogP contribution in [0.4, 0.5) is 11.5 Å². The van der Waals surface area contributed by atoms with Crippen LogP contribution in [-0.4, -0.2) is 46.9 Å². The first-order valence-corrected chi connectivity index (χ1v) is 8.18. The van der Waals surface area contributed by atoms with Gasteiger partial charge in [0.05, 0.1) is 10.5 Å². The van der Waals surface area contributed by atoms with Crippen molar-refractivity contribution in [1.82, 2.24) is 9.88 Å². The lowest BCUT2D eigenvalue weighted by atomic mass is 10.2. The second-order valence-corrected chi connectivity index (χ2v) is 6.16. The molecule has 23 heavy (non-hydrogen) atoms. The van der Waals surface area contributed by atoms with Crippen molar-refractivity contribution in [3.63, 3.8) is 0 Å². The molecule has 0 N–H and O–H groups in total. The van der Waals surface area contributed by atoms with Gasteiger partial charge in [0.15, 0.2) is 0 Å². The molecule has 0 radical (unpaired) electrons. The fraction of sp³-hybridized carbons (Fsp3) is 0.333. The molecule has 0 aromatic carbocycles. The number of hydrogen-bond donors (Lipinski definition) is 0. The monoisotopic (exact) mass is 332 g/mol. The van der Waals surface area contributed by atoms with Gasteiger partial charge in [0, 0.05) is 37.6 Å². The topological polar surface area (TPSA) is 79.6 Å². The summed E-state index contributed by atoms with van der Waals surface area (Å²) in [5.74, 6) is 0.803. The third kappa shape index (κ3) is 3.16. The molecule has 8 heteroatoms. The molecular weight excluding hydrogens is 316 g/mol. The maximum Gasteiger partial charge on any atom is 0.287 e. The van der Waals surface area contributed by atoms with E-state index in [1.165, 1.54) is 23.6 Å². The molecule has 1 fully saturated rings. The van der Waals surface area contributed by atoms with E-state index in [-0.39, 0.29) is 11.6 Å². The van der Waals surface area contributed by atoms with E-state index in [2.05, 4.69) is 9.88 Å². The number of piperazine rings is 1. The molecule has 0 aliphatic carbocycles.